The fourth-order valence-electron chi connectivity index (χ4n) is 4.13. The molecule has 2 fully saturated rings. The van der Waals surface area contributed by atoms with Crippen LogP contribution in [0.25, 0.3) is 0 Å². The molecule has 1 aromatic carbocycles. The summed E-state index contributed by atoms with van der Waals surface area (Å²) in [5, 5.41) is 2.79. The molecule has 2 aliphatic heterocycles. The Morgan fingerprint density at radius 3 is 2.71 bits per heavy atom. The molecule has 152 valence electrons. The van der Waals surface area contributed by atoms with Crippen molar-refractivity contribution in [1.82, 2.24) is 0 Å². The van der Waals surface area contributed by atoms with E-state index in [1.54, 1.807) is 6.92 Å². The van der Waals surface area contributed by atoms with Crippen molar-refractivity contribution in [1.29, 1.82) is 0 Å². The second-order valence-corrected chi connectivity index (χ2v) is 10.4. The fraction of sp³-hybridized carbons (Fsp3) is 0.579. The number of amidine groups is 1. The molecule has 0 aromatic heterocycles. The lowest BCUT2D eigenvalue weighted by atomic mass is 9.84. The Labute approximate surface area is 163 Å². The van der Waals surface area contributed by atoms with E-state index in [-0.39, 0.29) is 42.0 Å². The highest BCUT2D eigenvalue weighted by molar-refractivity contribution is 7.93. The van der Waals surface area contributed by atoms with E-state index in [1.165, 1.54) is 18.2 Å². The second-order valence-electron chi connectivity index (χ2n) is 8.14. The Morgan fingerprint density at radius 2 is 2.14 bits per heavy atom. The van der Waals surface area contributed by atoms with Crippen molar-refractivity contribution in [2.24, 2.45) is 16.6 Å². The Hall–Kier alpha value is -2.00. The monoisotopic (exact) mass is 409 g/mol. The third-order valence-electron chi connectivity index (χ3n) is 6.18. The normalized spacial score (nSPS) is 32.0. The topological polar surface area (TPSA) is 111 Å². The van der Waals surface area contributed by atoms with Crippen LogP contribution in [0.3, 0.4) is 0 Å². The Kier molecular flexibility index (Phi) is 4.50. The molecule has 7 nitrogen and oxygen atoms in total. The molecular weight excluding hydrogens is 385 g/mol. The number of amides is 1. The molecule has 3 N–H and O–H groups in total. The zero-order valence-corrected chi connectivity index (χ0v) is 16.5. The van der Waals surface area contributed by atoms with Crippen LogP contribution in [0.5, 0.6) is 0 Å². The minimum atomic E-state index is -3.72. The molecule has 2 atom stereocenters. The average molecular weight is 409 g/mol. The van der Waals surface area contributed by atoms with E-state index >= 15 is 0 Å². The summed E-state index contributed by atoms with van der Waals surface area (Å²) >= 11 is 0. The Morgan fingerprint density at radius 1 is 1.39 bits per heavy atom. The van der Waals surface area contributed by atoms with E-state index in [9.17, 15) is 17.6 Å². The summed E-state index contributed by atoms with van der Waals surface area (Å²) in [5.41, 5.74) is 5.24. The number of hydrogen-bond donors (Lipinski definition) is 2. The third kappa shape index (κ3) is 2.91. The van der Waals surface area contributed by atoms with Gasteiger partial charge in [-0.3, -0.25) is 9.79 Å². The number of nitrogens with zero attached hydrogens (tertiary/aromatic N) is 1. The molecule has 1 amide bonds. The van der Waals surface area contributed by atoms with Gasteiger partial charge in [-0.05, 0) is 44.4 Å². The van der Waals surface area contributed by atoms with Crippen LogP contribution in [0.2, 0.25) is 0 Å². The Balaban J connectivity index is 1.70. The molecule has 28 heavy (non-hydrogen) atoms. The van der Waals surface area contributed by atoms with Gasteiger partial charge in [-0.25, -0.2) is 12.8 Å². The largest absolute Gasteiger partial charge is 0.386 e. The van der Waals surface area contributed by atoms with Crippen LogP contribution >= 0.6 is 0 Å². The smallest absolute Gasteiger partial charge is 0.227 e. The number of nitrogens with two attached hydrogens (primary N) is 1. The maximum absolute atomic E-state index is 14.7. The van der Waals surface area contributed by atoms with Gasteiger partial charge in [0.25, 0.3) is 0 Å². The first-order valence-corrected chi connectivity index (χ1v) is 11.1. The van der Waals surface area contributed by atoms with Gasteiger partial charge in [-0.15, -0.1) is 0 Å². The van der Waals surface area contributed by atoms with E-state index in [1.807, 2.05) is 0 Å². The summed E-state index contributed by atoms with van der Waals surface area (Å²) in [4.78, 5) is 16.7. The molecule has 0 unspecified atom stereocenters. The summed E-state index contributed by atoms with van der Waals surface area (Å²) < 4.78 is 44.8. The first-order chi connectivity index (χ1) is 13.2. The molecule has 2 heterocycles. The Bertz CT molecular complexity index is 952. The summed E-state index contributed by atoms with van der Waals surface area (Å²) in [6.45, 7) is 1.82. The van der Waals surface area contributed by atoms with Gasteiger partial charge < -0.3 is 15.8 Å². The van der Waals surface area contributed by atoms with Gasteiger partial charge in [0.1, 0.15) is 17.2 Å². The van der Waals surface area contributed by atoms with Crippen molar-refractivity contribution in [2.45, 2.75) is 42.9 Å². The van der Waals surface area contributed by atoms with Gasteiger partial charge in [-0.1, -0.05) is 6.42 Å². The van der Waals surface area contributed by atoms with Crippen LogP contribution in [0.15, 0.2) is 23.2 Å². The standard InChI is InChI=1S/C19H24FN3O4S/c1-18(11-28(25,26)19(17(21)23-18)7-8-27-10-19)14-9-13(5-6-15(14)20)22-16(24)12-3-2-4-12/h5-6,9,12H,2-4,7-8,10-11H2,1H3,(H2,21,23)(H,22,24)/t18-,19-/m0/s1. The van der Waals surface area contributed by atoms with Crippen LogP contribution in [0.1, 0.15) is 38.2 Å². The molecule has 4 rings (SSSR count). The van der Waals surface area contributed by atoms with E-state index in [2.05, 4.69) is 10.3 Å². The molecule has 1 spiro atoms. The molecule has 9 heteroatoms. The zero-order chi connectivity index (χ0) is 20.2. The number of anilines is 1. The zero-order valence-electron chi connectivity index (χ0n) is 15.7. The van der Waals surface area contributed by atoms with Crippen molar-refractivity contribution >= 4 is 27.3 Å². The van der Waals surface area contributed by atoms with Crippen LogP contribution in [0.4, 0.5) is 10.1 Å². The fourth-order valence-corrected chi connectivity index (χ4v) is 6.39. The highest BCUT2D eigenvalue weighted by Crippen LogP contribution is 2.42. The van der Waals surface area contributed by atoms with E-state index in [0.29, 0.717) is 12.3 Å². The first kappa shape index (κ1) is 19.3. The van der Waals surface area contributed by atoms with Crippen LogP contribution in [0, 0.1) is 11.7 Å². The predicted molar refractivity (Wildman–Crippen MR) is 103 cm³/mol. The number of aliphatic imine (C=N–C) groups is 1. The number of sulfone groups is 1. The summed E-state index contributed by atoms with van der Waals surface area (Å²) in [6, 6.07) is 4.15. The van der Waals surface area contributed by atoms with Gasteiger partial charge in [0.2, 0.25) is 5.91 Å². The highest BCUT2D eigenvalue weighted by atomic mass is 32.2. The van der Waals surface area contributed by atoms with Crippen molar-refractivity contribution in [2.75, 3.05) is 24.3 Å². The predicted octanol–water partition coefficient (Wildman–Crippen LogP) is 1.72. The molecule has 1 aromatic rings. The van der Waals surface area contributed by atoms with Crippen molar-refractivity contribution in [3.8, 4) is 0 Å². The molecule has 1 saturated carbocycles. The molecule has 0 bridgehead atoms. The third-order valence-corrected chi connectivity index (χ3v) is 8.84. The second kappa shape index (κ2) is 6.52. The average Bonchev–Trinajstić information content (AvgIpc) is 3.04. The van der Waals surface area contributed by atoms with Crippen LogP contribution < -0.4 is 11.1 Å². The van der Waals surface area contributed by atoms with Gasteiger partial charge >= 0.3 is 0 Å². The summed E-state index contributed by atoms with van der Waals surface area (Å²) in [7, 11) is -3.72. The molecule has 0 radical (unpaired) electrons. The maximum Gasteiger partial charge on any atom is 0.227 e. The first-order valence-electron chi connectivity index (χ1n) is 9.44. The van der Waals surface area contributed by atoms with E-state index in [4.69, 9.17) is 10.5 Å². The van der Waals surface area contributed by atoms with Gasteiger partial charge in [0.15, 0.2) is 14.6 Å². The molecular formula is C19H24FN3O4S. The van der Waals surface area contributed by atoms with Gasteiger partial charge in [-0.2, -0.15) is 0 Å². The number of carbonyl (C=O) groups excluding carboxylic acids is 1. The lowest BCUT2D eigenvalue weighted by molar-refractivity contribution is -0.122. The number of hydrogen-bond acceptors (Lipinski definition) is 6. The van der Waals surface area contributed by atoms with Gasteiger partial charge in [0.05, 0.1) is 12.4 Å². The minimum absolute atomic E-state index is 0.0185. The van der Waals surface area contributed by atoms with E-state index < -0.39 is 25.9 Å². The number of nitrogens with one attached hydrogen (secondary N) is 1. The van der Waals surface area contributed by atoms with Crippen molar-refractivity contribution < 1.29 is 22.3 Å². The number of carbonyl (C=O) groups is 1. The SMILES string of the molecule is C[C@@]1(c2cc(NC(=O)C3CCC3)ccc2F)CS(=O)(=O)[C@]2(CCOC2)C(N)=N1. The number of ether oxygens (including phenoxy) is 1. The number of benzene rings is 1. The van der Waals surface area contributed by atoms with Crippen LogP contribution in [-0.2, 0) is 24.9 Å². The number of halogens is 1. The molecule has 3 aliphatic rings. The van der Waals surface area contributed by atoms with E-state index in [0.717, 1.165) is 19.3 Å². The number of rotatable bonds is 3. The summed E-state index contributed by atoms with van der Waals surface area (Å²) in [5.74, 6) is -1.12. The lowest BCUT2D eigenvalue weighted by Crippen LogP contribution is -2.58. The van der Waals surface area contributed by atoms with Crippen LogP contribution in [-0.4, -0.2) is 43.9 Å². The quantitative estimate of drug-likeness (QED) is 0.790. The van der Waals surface area contributed by atoms with Crippen molar-refractivity contribution in [3.05, 3.63) is 29.6 Å². The summed E-state index contributed by atoms with van der Waals surface area (Å²) in [6.07, 6.45) is 2.98. The molecule has 1 aliphatic carbocycles. The van der Waals surface area contributed by atoms with Gasteiger partial charge in [0, 0.05) is 23.8 Å². The van der Waals surface area contributed by atoms with Crippen molar-refractivity contribution in [3.63, 3.8) is 0 Å². The molecule has 1 saturated heterocycles. The lowest BCUT2D eigenvalue weighted by Gasteiger charge is -2.39. The minimum Gasteiger partial charge on any atom is -0.386 e. The maximum atomic E-state index is 14.7. The highest BCUT2D eigenvalue weighted by Gasteiger charge is 2.57.